The minimum absolute atomic E-state index is 0.00318. The molecule has 4 saturated carbocycles. The summed E-state index contributed by atoms with van der Waals surface area (Å²) in [6, 6.07) is 0. The Morgan fingerprint density at radius 1 is 0.955 bits per heavy atom. The molecule has 0 amide bonds. The molecular formula is C19H30O3. The number of epoxide rings is 1. The van der Waals surface area contributed by atoms with Crippen molar-refractivity contribution in [2.24, 2.45) is 28.6 Å². The molecule has 0 bridgehead atoms. The predicted octanol–water partition coefficient (Wildman–Crippen LogP) is 2.88. The summed E-state index contributed by atoms with van der Waals surface area (Å²) < 4.78 is 6.32. The number of hydrogen-bond donors (Lipinski definition) is 2. The largest absolute Gasteiger partial charge is 0.393 e. The fraction of sp³-hybridized carbons (Fsp3) is 1.00. The quantitative estimate of drug-likeness (QED) is 0.677. The summed E-state index contributed by atoms with van der Waals surface area (Å²) in [4.78, 5) is 0. The molecule has 3 heteroatoms. The van der Waals surface area contributed by atoms with E-state index in [4.69, 9.17) is 4.74 Å². The summed E-state index contributed by atoms with van der Waals surface area (Å²) in [6.07, 6.45) is 8.88. The normalized spacial score (nSPS) is 66.0. The van der Waals surface area contributed by atoms with Crippen molar-refractivity contribution in [3.8, 4) is 0 Å². The third kappa shape index (κ3) is 1.45. The van der Waals surface area contributed by atoms with Crippen LogP contribution in [0.3, 0.4) is 0 Å². The molecule has 124 valence electrons. The van der Waals surface area contributed by atoms with Crippen molar-refractivity contribution < 1.29 is 14.9 Å². The molecule has 0 radical (unpaired) electrons. The second-order valence-electron chi connectivity index (χ2n) is 9.56. The number of aliphatic hydroxyl groups is 2. The van der Waals surface area contributed by atoms with Gasteiger partial charge < -0.3 is 14.9 Å². The molecule has 1 heterocycles. The van der Waals surface area contributed by atoms with Crippen molar-refractivity contribution in [1.82, 2.24) is 0 Å². The number of aliphatic hydroxyl groups excluding tert-OH is 2. The fourth-order valence-corrected chi connectivity index (χ4v) is 7.63. The fourth-order valence-electron chi connectivity index (χ4n) is 7.63. The highest BCUT2D eigenvalue weighted by atomic mass is 16.6. The van der Waals surface area contributed by atoms with E-state index in [1.54, 1.807) is 0 Å². The van der Waals surface area contributed by atoms with Gasteiger partial charge in [0, 0.05) is 11.8 Å². The maximum atomic E-state index is 10.5. The van der Waals surface area contributed by atoms with Crippen LogP contribution in [0, 0.1) is 28.6 Å². The van der Waals surface area contributed by atoms with Gasteiger partial charge in [-0.05, 0) is 68.1 Å². The lowest BCUT2D eigenvalue weighted by Gasteiger charge is -2.58. The van der Waals surface area contributed by atoms with E-state index in [1.807, 2.05) is 0 Å². The summed E-state index contributed by atoms with van der Waals surface area (Å²) in [5.41, 5.74) is 0.409. The van der Waals surface area contributed by atoms with Gasteiger partial charge in [-0.15, -0.1) is 0 Å². The Morgan fingerprint density at radius 2 is 1.77 bits per heavy atom. The number of hydrogen-bond acceptors (Lipinski definition) is 3. The third-order valence-electron chi connectivity index (χ3n) is 9.01. The standard InChI is InChI=1S/C19H30O3/c1-17-7-6-14-12(13(17)3-4-15(17)21)9-16-19(22-16)10-11(20)5-8-18(14,19)2/h11-16,20-21H,3-10H2,1-2H3/t11-,12-,13-,14-,15-,16+,17-,18+,19+/m0/s1. The average molecular weight is 306 g/mol. The molecule has 0 aromatic rings. The first-order valence-corrected chi connectivity index (χ1v) is 9.45. The molecule has 0 aromatic heterocycles. The van der Waals surface area contributed by atoms with Crippen molar-refractivity contribution in [2.45, 2.75) is 89.1 Å². The van der Waals surface area contributed by atoms with Crippen molar-refractivity contribution >= 4 is 0 Å². The monoisotopic (exact) mass is 306 g/mol. The van der Waals surface area contributed by atoms with Gasteiger partial charge in [0.1, 0.15) is 5.60 Å². The van der Waals surface area contributed by atoms with Crippen molar-refractivity contribution in [3.63, 3.8) is 0 Å². The lowest BCUT2D eigenvalue weighted by atomic mass is 9.45. The molecule has 9 atom stereocenters. The van der Waals surface area contributed by atoms with E-state index in [2.05, 4.69) is 13.8 Å². The second-order valence-corrected chi connectivity index (χ2v) is 9.56. The van der Waals surface area contributed by atoms with E-state index >= 15 is 0 Å². The minimum Gasteiger partial charge on any atom is -0.393 e. The highest BCUT2D eigenvalue weighted by Gasteiger charge is 2.75. The van der Waals surface area contributed by atoms with Crippen LogP contribution in [-0.2, 0) is 4.74 Å². The van der Waals surface area contributed by atoms with Crippen molar-refractivity contribution in [2.75, 3.05) is 0 Å². The average Bonchev–Trinajstić information content (AvgIpc) is 3.08. The summed E-state index contributed by atoms with van der Waals surface area (Å²) in [5, 5.41) is 20.7. The third-order valence-corrected chi connectivity index (χ3v) is 9.01. The van der Waals surface area contributed by atoms with Crippen LogP contribution in [-0.4, -0.2) is 34.1 Å². The molecule has 2 N–H and O–H groups in total. The van der Waals surface area contributed by atoms with Gasteiger partial charge in [-0.25, -0.2) is 0 Å². The topological polar surface area (TPSA) is 53.0 Å². The van der Waals surface area contributed by atoms with Crippen LogP contribution in [0.2, 0.25) is 0 Å². The Bertz CT molecular complexity index is 507. The molecule has 1 spiro atoms. The van der Waals surface area contributed by atoms with Crippen LogP contribution in [0.25, 0.3) is 0 Å². The number of ether oxygens (including phenoxy) is 1. The summed E-state index contributed by atoms with van der Waals surface area (Å²) in [7, 11) is 0. The maximum absolute atomic E-state index is 10.5. The maximum Gasteiger partial charge on any atom is 0.103 e. The lowest BCUT2D eigenvalue weighted by molar-refractivity contribution is -0.121. The molecule has 1 aliphatic heterocycles. The summed E-state index contributed by atoms with van der Waals surface area (Å²) >= 11 is 0. The van der Waals surface area contributed by atoms with Crippen LogP contribution in [0.1, 0.15) is 65.2 Å². The second kappa shape index (κ2) is 4.10. The first-order chi connectivity index (χ1) is 10.4. The Hall–Kier alpha value is -0.120. The van der Waals surface area contributed by atoms with Crippen molar-refractivity contribution in [1.29, 1.82) is 0 Å². The Balaban J connectivity index is 1.51. The highest BCUT2D eigenvalue weighted by molar-refractivity contribution is 5.24. The first-order valence-electron chi connectivity index (χ1n) is 9.45. The number of fused-ring (bicyclic) bond motifs is 4. The van der Waals surface area contributed by atoms with Gasteiger partial charge in [-0.2, -0.15) is 0 Å². The van der Waals surface area contributed by atoms with Gasteiger partial charge in [0.25, 0.3) is 0 Å². The van der Waals surface area contributed by atoms with Crippen molar-refractivity contribution in [3.05, 3.63) is 0 Å². The molecular weight excluding hydrogens is 276 g/mol. The van der Waals surface area contributed by atoms with E-state index in [-0.39, 0.29) is 28.6 Å². The van der Waals surface area contributed by atoms with Gasteiger partial charge in [0.15, 0.2) is 0 Å². The molecule has 5 fully saturated rings. The van der Waals surface area contributed by atoms with Gasteiger partial charge in [0.2, 0.25) is 0 Å². The van der Waals surface area contributed by atoms with Crippen LogP contribution in [0.15, 0.2) is 0 Å². The zero-order valence-corrected chi connectivity index (χ0v) is 13.9. The molecule has 0 unspecified atom stereocenters. The van der Waals surface area contributed by atoms with Crippen LogP contribution in [0.5, 0.6) is 0 Å². The lowest BCUT2D eigenvalue weighted by Crippen LogP contribution is -2.58. The summed E-state index contributed by atoms with van der Waals surface area (Å²) in [5.74, 6) is 2.16. The van der Waals surface area contributed by atoms with E-state index in [1.165, 1.54) is 25.7 Å². The Kier molecular flexibility index (Phi) is 2.65. The van der Waals surface area contributed by atoms with E-state index < -0.39 is 0 Å². The van der Waals surface area contributed by atoms with Crippen LogP contribution < -0.4 is 0 Å². The molecule has 0 aromatic carbocycles. The Labute approximate surface area is 133 Å². The Morgan fingerprint density at radius 3 is 2.59 bits per heavy atom. The molecule has 1 saturated heterocycles. The smallest absolute Gasteiger partial charge is 0.103 e. The molecule has 22 heavy (non-hydrogen) atoms. The van der Waals surface area contributed by atoms with Gasteiger partial charge >= 0.3 is 0 Å². The van der Waals surface area contributed by atoms with E-state index in [9.17, 15) is 10.2 Å². The summed E-state index contributed by atoms with van der Waals surface area (Å²) in [6.45, 7) is 4.80. The first kappa shape index (κ1) is 14.2. The zero-order chi connectivity index (χ0) is 15.3. The predicted molar refractivity (Wildman–Crippen MR) is 83.2 cm³/mol. The van der Waals surface area contributed by atoms with E-state index in [0.29, 0.717) is 12.0 Å². The molecule has 3 nitrogen and oxygen atoms in total. The highest BCUT2D eigenvalue weighted by Crippen LogP contribution is 2.73. The molecule has 5 rings (SSSR count). The van der Waals surface area contributed by atoms with E-state index in [0.717, 1.165) is 37.5 Å². The van der Waals surface area contributed by atoms with Gasteiger partial charge in [0.05, 0.1) is 18.3 Å². The zero-order valence-electron chi connectivity index (χ0n) is 13.9. The van der Waals surface area contributed by atoms with Crippen LogP contribution >= 0.6 is 0 Å². The molecule has 5 aliphatic rings. The van der Waals surface area contributed by atoms with Gasteiger partial charge in [-0.1, -0.05) is 13.8 Å². The van der Waals surface area contributed by atoms with Crippen LogP contribution in [0.4, 0.5) is 0 Å². The number of rotatable bonds is 0. The SMILES string of the molecule is C[C@]12CC[C@H]3[C@@H](C[C@H]4O[C@]45C[C@@H](O)CC[C@]35C)[C@@H]1CC[C@@H]2O. The van der Waals surface area contributed by atoms with Gasteiger partial charge in [-0.3, -0.25) is 0 Å². The minimum atomic E-state index is -0.156. The molecule has 4 aliphatic carbocycles.